The van der Waals surface area contributed by atoms with E-state index < -0.39 is 0 Å². The van der Waals surface area contributed by atoms with Crippen LogP contribution in [0.2, 0.25) is 0 Å². The molecule has 0 amide bonds. The quantitative estimate of drug-likeness (QED) is 0.753. The van der Waals surface area contributed by atoms with Gasteiger partial charge in [0, 0.05) is 0 Å². The largest absolute Gasteiger partial charge is 0.354 e. The van der Waals surface area contributed by atoms with Crippen LogP contribution < -0.4 is 10.6 Å². The first-order valence-electron chi connectivity index (χ1n) is 5.84. The number of nitrogens with one attached hydrogen (secondary N) is 2. The second-order valence-corrected chi connectivity index (χ2v) is 5.11. The molecule has 86 valence electrons. The Balaban J connectivity index is 2.05. The average molecular weight is 218 g/mol. The number of hydrogen-bond donors (Lipinski definition) is 2. The summed E-state index contributed by atoms with van der Waals surface area (Å²) in [5.74, 6) is 0. The van der Waals surface area contributed by atoms with Gasteiger partial charge in [-0.25, -0.2) is 0 Å². The van der Waals surface area contributed by atoms with Crippen LogP contribution in [0.1, 0.15) is 37.1 Å². The fraction of sp³-hybridized carbons (Fsp3) is 0.538. The second kappa shape index (κ2) is 3.29. The number of benzene rings is 1. The van der Waals surface area contributed by atoms with Gasteiger partial charge < -0.3 is 10.1 Å². The Labute approximate surface area is 96.2 Å². The van der Waals surface area contributed by atoms with Gasteiger partial charge in [-0.1, -0.05) is 24.3 Å². The number of fused-ring (bicyclic) bond motifs is 3. The molecule has 1 heterocycles. The molecule has 1 unspecified atom stereocenters. The third-order valence-electron chi connectivity index (χ3n) is 3.57. The molecule has 0 bridgehead atoms. The summed E-state index contributed by atoms with van der Waals surface area (Å²) in [5, 5.41) is 6.91. The van der Waals surface area contributed by atoms with Crippen molar-refractivity contribution in [2.24, 2.45) is 0 Å². The first-order chi connectivity index (χ1) is 7.62. The molecule has 0 radical (unpaired) electrons. The summed E-state index contributed by atoms with van der Waals surface area (Å²) in [7, 11) is 2.00. The fourth-order valence-electron chi connectivity index (χ4n) is 2.99. The van der Waals surface area contributed by atoms with Gasteiger partial charge in [0.2, 0.25) is 0 Å². The van der Waals surface area contributed by atoms with Crippen LogP contribution in [-0.4, -0.2) is 18.9 Å². The molecule has 3 nitrogen and oxygen atoms in total. The van der Waals surface area contributed by atoms with E-state index in [4.69, 9.17) is 4.74 Å². The summed E-state index contributed by atoms with van der Waals surface area (Å²) in [6.07, 6.45) is 0.206. The molecule has 0 spiro atoms. The van der Waals surface area contributed by atoms with Crippen molar-refractivity contribution in [1.82, 2.24) is 10.6 Å². The number of likely N-dealkylation sites (N-methyl/N-ethyl adjacent to an activating group) is 1. The fourth-order valence-corrected chi connectivity index (χ4v) is 2.99. The summed E-state index contributed by atoms with van der Waals surface area (Å²) >= 11 is 0. The van der Waals surface area contributed by atoms with Gasteiger partial charge in [0.25, 0.3) is 0 Å². The molecular formula is C13H18N2O. The average Bonchev–Trinajstić information content (AvgIpc) is 2.69. The predicted molar refractivity (Wildman–Crippen MR) is 63.1 cm³/mol. The van der Waals surface area contributed by atoms with Crippen LogP contribution in [0.25, 0.3) is 0 Å². The molecule has 16 heavy (non-hydrogen) atoms. The Morgan fingerprint density at radius 1 is 1.25 bits per heavy atom. The summed E-state index contributed by atoms with van der Waals surface area (Å²) in [6, 6.07) is 9.20. The summed E-state index contributed by atoms with van der Waals surface area (Å²) in [4.78, 5) is 0. The van der Waals surface area contributed by atoms with Gasteiger partial charge in [0.1, 0.15) is 5.72 Å². The molecule has 3 rings (SSSR count). The van der Waals surface area contributed by atoms with Gasteiger partial charge >= 0.3 is 0 Å². The molecule has 1 aliphatic carbocycles. The van der Waals surface area contributed by atoms with Gasteiger partial charge in [-0.05, 0) is 32.0 Å². The summed E-state index contributed by atoms with van der Waals surface area (Å²) in [6.45, 7) is 4.17. The molecule has 1 aromatic rings. The molecule has 1 aliphatic heterocycles. The van der Waals surface area contributed by atoms with Gasteiger partial charge in [-0.15, -0.1) is 0 Å². The highest BCUT2D eigenvalue weighted by atomic mass is 16.5. The van der Waals surface area contributed by atoms with Crippen molar-refractivity contribution in [3.8, 4) is 0 Å². The standard InChI is InChI=1S/C13H18N2O/c1-13(2)15-11-9-7-5-4-6-8(9)10(14-3)12(11)16-13/h4-7,10-12,14-15H,1-3H3/t10?,11-,12+/m0/s1. The van der Waals surface area contributed by atoms with Crippen molar-refractivity contribution in [3.05, 3.63) is 35.4 Å². The van der Waals surface area contributed by atoms with Gasteiger partial charge in [0.15, 0.2) is 0 Å². The maximum atomic E-state index is 6.09. The van der Waals surface area contributed by atoms with Crippen molar-refractivity contribution in [3.63, 3.8) is 0 Å². The molecule has 1 aromatic carbocycles. The minimum Gasteiger partial charge on any atom is -0.354 e. The zero-order valence-electron chi connectivity index (χ0n) is 9.95. The molecule has 0 saturated carbocycles. The SMILES string of the molecule is CNC1c2ccccc2[C@@H]2NC(C)(C)O[C@H]12. The number of rotatable bonds is 1. The van der Waals surface area contributed by atoms with E-state index in [-0.39, 0.29) is 11.8 Å². The summed E-state index contributed by atoms with van der Waals surface area (Å²) < 4.78 is 6.09. The van der Waals surface area contributed by atoms with Crippen molar-refractivity contribution >= 4 is 0 Å². The lowest BCUT2D eigenvalue weighted by Gasteiger charge is -2.23. The van der Waals surface area contributed by atoms with Crippen LogP contribution in [0.15, 0.2) is 24.3 Å². The van der Waals surface area contributed by atoms with Crippen LogP contribution in [0, 0.1) is 0 Å². The van der Waals surface area contributed by atoms with E-state index in [0.717, 1.165) is 0 Å². The molecule has 0 aromatic heterocycles. The maximum Gasteiger partial charge on any atom is 0.114 e. The Kier molecular flexibility index (Phi) is 2.11. The Morgan fingerprint density at radius 3 is 2.62 bits per heavy atom. The minimum atomic E-state index is -0.224. The van der Waals surface area contributed by atoms with Crippen LogP contribution in [0.3, 0.4) is 0 Å². The molecule has 2 aliphatic rings. The molecule has 1 saturated heterocycles. The highest BCUT2D eigenvalue weighted by molar-refractivity contribution is 5.41. The second-order valence-electron chi connectivity index (χ2n) is 5.11. The molecule has 1 fully saturated rings. The Hall–Kier alpha value is -0.900. The van der Waals surface area contributed by atoms with Crippen LogP contribution >= 0.6 is 0 Å². The maximum absolute atomic E-state index is 6.09. The zero-order chi connectivity index (χ0) is 11.3. The lowest BCUT2D eigenvalue weighted by Crippen LogP contribution is -2.35. The smallest absolute Gasteiger partial charge is 0.114 e. The Bertz CT molecular complexity index is 416. The van der Waals surface area contributed by atoms with Crippen LogP contribution in [0.4, 0.5) is 0 Å². The molecule has 3 atom stereocenters. The zero-order valence-corrected chi connectivity index (χ0v) is 9.95. The van der Waals surface area contributed by atoms with E-state index in [1.807, 2.05) is 7.05 Å². The lowest BCUT2D eigenvalue weighted by atomic mass is 10.1. The molecule has 2 N–H and O–H groups in total. The minimum absolute atomic E-state index is 0.206. The van der Waals surface area contributed by atoms with Crippen LogP contribution in [-0.2, 0) is 4.74 Å². The predicted octanol–water partition coefficient (Wildman–Crippen LogP) is 1.73. The van der Waals surface area contributed by atoms with Gasteiger partial charge in [-0.2, -0.15) is 0 Å². The number of hydrogen-bond acceptors (Lipinski definition) is 3. The van der Waals surface area contributed by atoms with E-state index in [1.54, 1.807) is 0 Å². The molecular weight excluding hydrogens is 200 g/mol. The number of ether oxygens (including phenoxy) is 1. The Morgan fingerprint density at radius 2 is 1.94 bits per heavy atom. The monoisotopic (exact) mass is 218 g/mol. The summed E-state index contributed by atoms with van der Waals surface area (Å²) in [5.41, 5.74) is 2.51. The van der Waals surface area contributed by atoms with Gasteiger partial charge in [-0.3, -0.25) is 5.32 Å². The van der Waals surface area contributed by atoms with Crippen molar-refractivity contribution in [2.45, 2.75) is 37.8 Å². The topological polar surface area (TPSA) is 33.3 Å². The first kappa shape index (κ1) is 10.3. The highest BCUT2D eigenvalue weighted by Crippen LogP contribution is 2.46. The third-order valence-corrected chi connectivity index (χ3v) is 3.57. The van der Waals surface area contributed by atoms with E-state index in [1.165, 1.54) is 11.1 Å². The third kappa shape index (κ3) is 1.32. The van der Waals surface area contributed by atoms with Crippen LogP contribution in [0.5, 0.6) is 0 Å². The normalized spacial score (nSPS) is 34.8. The molecule has 3 heteroatoms. The highest BCUT2D eigenvalue weighted by Gasteiger charge is 2.49. The van der Waals surface area contributed by atoms with E-state index in [2.05, 4.69) is 48.7 Å². The van der Waals surface area contributed by atoms with Crippen molar-refractivity contribution in [1.29, 1.82) is 0 Å². The van der Waals surface area contributed by atoms with E-state index in [0.29, 0.717) is 12.1 Å². The first-order valence-corrected chi connectivity index (χ1v) is 5.84. The lowest BCUT2D eigenvalue weighted by molar-refractivity contribution is -0.0367. The van der Waals surface area contributed by atoms with Crippen molar-refractivity contribution < 1.29 is 4.74 Å². The van der Waals surface area contributed by atoms with Gasteiger partial charge in [0.05, 0.1) is 18.2 Å². The van der Waals surface area contributed by atoms with E-state index >= 15 is 0 Å². The van der Waals surface area contributed by atoms with E-state index in [9.17, 15) is 0 Å². The van der Waals surface area contributed by atoms with Crippen molar-refractivity contribution in [2.75, 3.05) is 7.05 Å².